The van der Waals surface area contributed by atoms with Crippen molar-refractivity contribution in [3.05, 3.63) is 47.1 Å². The van der Waals surface area contributed by atoms with E-state index in [9.17, 15) is 0 Å². The molecule has 5 nitrogen and oxygen atoms in total. The molecule has 0 bridgehead atoms. The number of benzene rings is 1. The quantitative estimate of drug-likeness (QED) is 0.855. The van der Waals surface area contributed by atoms with Crippen LogP contribution in [-0.4, -0.2) is 49.3 Å². The largest absolute Gasteiger partial charge is 0.486 e. The Morgan fingerprint density at radius 2 is 1.88 bits per heavy atom. The Kier molecular flexibility index (Phi) is 4.45. The van der Waals surface area contributed by atoms with Crippen molar-refractivity contribution in [3.8, 4) is 11.5 Å². The Balaban J connectivity index is 1.40. The van der Waals surface area contributed by atoms with Gasteiger partial charge in [-0.05, 0) is 29.8 Å². The molecule has 3 heterocycles. The number of anilines is 1. The first kappa shape index (κ1) is 15.5. The Morgan fingerprint density at radius 3 is 2.67 bits per heavy atom. The van der Waals surface area contributed by atoms with Crippen molar-refractivity contribution in [2.45, 2.75) is 6.54 Å². The molecule has 0 spiro atoms. The van der Waals surface area contributed by atoms with Gasteiger partial charge in [-0.15, -0.1) is 0 Å². The Hall–Kier alpha value is -1.98. The van der Waals surface area contributed by atoms with Gasteiger partial charge in [0.1, 0.15) is 19.0 Å². The smallest absolute Gasteiger partial charge is 0.179 e. The number of piperazine rings is 1. The van der Waals surface area contributed by atoms with Crippen LogP contribution in [0.1, 0.15) is 5.56 Å². The van der Waals surface area contributed by atoms with Crippen LogP contribution in [0.5, 0.6) is 11.5 Å². The normalized spacial score (nSPS) is 17.8. The number of pyridine rings is 1. The van der Waals surface area contributed by atoms with E-state index in [2.05, 4.69) is 20.9 Å². The number of hydrogen-bond acceptors (Lipinski definition) is 5. The number of ether oxygens (including phenoxy) is 2. The van der Waals surface area contributed by atoms with E-state index < -0.39 is 0 Å². The third kappa shape index (κ3) is 3.28. The van der Waals surface area contributed by atoms with E-state index in [-0.39, 0.29) is 0 Å². The summed E-state index contributed by atoms with van der Waals surface area (Å²) in [6.45, 7) is 5.97. The first-order valence-corrected chi connectivity index (χ1v) is 8.64. The second-order valence-electron chi connectivity index (χ2n) is 6.05. The number of halogens is 1. The minimum atomic E-state index is 0.557. The second kappa shape index (κ2) is 6.87. The predicted octanol–water partition coefficient (Wildman–Crippen LogP) is 2.83. The van der Waals surface area contributed by atoms with Crippen molar-refractivity contribution in [2.24, 2.45) is 0 Å². The number of nitrogens with zero attached hydrogens (tertiary/aromatic N) is 3. The van der Waals surface area contributed by atoms with Gasteiger partial charge in [-0.3, -0.25) is 4.90 Å². The molecular weight excluding hydrogens is 326 g/mol. The van der Waals surface area contributed by atoms with E-state index in [1.807, 2.05) is 30.5 Å². The van der Waals surface area contributed by atoms with Gasteiger partial charge < -0.3 is 14.4 Å². The van der Waals surface area contributed by atoms with Gasteiger partial charge in [0, 0.05) is 38.9 Å². The first-order valence-electron chi connectivity index (χ1n) is 8.26. The average Bonchev–Trinajstić information content (AvgIpc) is 2.63. The number of rotatable bonds is 3. The third-order valence-corrected chi connectivity index (χ3v) is 4.69. The maximum absolute atomic E-state index is 6.33. The van der Waals surface area contributed by atoms with Gasteiger partial charge in [-0.25, -0.2) is 4.98 Å². The molecule has 2 aliphatic rings. The molecule has 1 saturated heterocycles. The highest BCUT2D eigenvalue weighted by molar-refractivity contribution is 6.32. The fraction of sp³-hybridized carbons (Fsp3) is 0.389. The fourth-order valence-electron chi connectivity index (χ4n) is 3.19. The number of fused-ring (bicyclic) bond motifs is 1. The molecule has 4 rings (SSSR count). The van der Waals surface area contributed by atoms with E-state index in [1.54, 1.807) is 0 Å². The molecule has 0 radical (unpaired) electrons. The molecule has 2 aromatic rings. The Labute approximate surface area is 146 Å². The van der Waals surface area contributed by atoms with Gasteiger partial charge in [0.15, 0.2) is 11.5 Å². The van der Waals surface area contributed by atoms with Crippen LogP contribution in [0.15, 0.2) is 36.5 Å². The molecule has 0 aliphatic carbocycles. The lowest BCUT2D eigenvalue weighted by atomic mass is 10.1. The van der Waals surface area contributed by atoms with Crippen LogP contribution in [0.4, 0.5) is 5.82 Å². The SMILES string of the molecule is Clc1cc(CN2CCN(c3ccccn3)CC2)cc2c1OCCO2. The first-order chi connectivity index (χ1) is 11.8. The number of aromatic nitrogens is 1. The highest BCUT2D eigenvalue weighted by Crippen LogP contribution is 2.38. The van der Waals surface area contributed by atoms with E-state index in [0.717, 1.165) is 49.9 Å². The summed E-state index contributed by atoms with van der Waals surface area (Å²) in [5.74, 6) is 2.49. The van der Waals surface area contributed by atoms with Crippen molar-refractivity contribution in [1.29, 1.82) is 0 Å². The monoisotopic (exact) mass is 345 g/mol. The number of hydrogen-bond donors (Lipinski definition) is 0. The molecule has 24 heavy (non-hydrogen) atoms. The van der Waals surface area contributed by atoms with E-state index in [0.29, 0.717) is 24.0 Å². The van der Waals surface area contributed by atoms with Gasteiger partial charge in [0.05, 0.1) is 5.02 Å². The maximum atomic E-state index is 6.33. The molecule has 0 atom stereocenters. The highest BCUT2D eigenvalue weighted by atomic mass is 35.5. The average molecular weight is 346 g/mol. The molecule has 0 saturated carbocycles. The summed E-state index contributed by atoms with van der Waals surface area (Å²) in [6, 6.07) is 10.1. The van der Waals surface area contributed by atoms with E-state index >= 15 is 0 Å². The zero-order valence-electron chi connectivity index (χ0n) is 13.4. The lowest BCUT2D eigenvalue weighted by Gasteiger charge is -2.35. The van der Waals surface area contributed by atoms with Gasteiger partial charge in [-0.2, -0.15) is 0 Å². The van der Waals surface area contributed by atoms with Crippen LogP contribution in [0.2, 0.25) is 5.02 Å². The van der Waals surface area contributed by atoms with Gasteiger partial charge in [-0.1, -0.05) is 17.7 Å². The topological polar surface area (TPSA) is 37.8 Å². The Bertz CT molecular complexity index is 703. The summed E-state index contributed by atoms with van der Waals surface area (Å²) in [7, 11) is 0. The lowest BCUT2D eigenvalue weighted by Crippen LogP contribution is -2.46. The zero-order chi connectivity index (χ0) is 16.4. The van der Waals surface area contributed by atoms with Crippen LogP contribution in [0.25, 0.3) is 0 Å². The van der Waals surface area contributed by atoms with Gasteiger partial charge >= 0.3 is 0 Å². The van der Waals surface area contributed by atoms with E-state index in [4.69, 9.17) is 21.1 Å². The Morgan fingerprint density at radius 1 is 1.04 bits per heavy atom. The van der Waals surface area contributed by atoms with Gasteiger partial charge in [0.2, 0.25) is 0 Å². The molecule has 0 unspecified atom stereocenters. The van der Waals surface area contributed by atoms with Crippen molar-refractivity contribution in [1.82, 2.24) is 9.88 Å². The molecule has 0 amide bonds. The standard InChI is InChI=1S/C18H20ClN3O2/c19-15-11-14(12-16-18(15)24-10-9-23-16)13-21-5-7-22(8-6-21)17-3-1-2-4-20-17/h1-4,11-12H,5-10,13H2. The van der Waals surface area contributed by atoms with Crippen LogP contribution in [-0.2, 0) is 6.54 Å². The molecule has 2 aliphatic heterocycles. The third-order valence-electron chi connectivity index (χ3n) is 4.41. The molecular formula is C18H20ClN3O2. The summed E-state index contributed by atoms with van der Waals surface area (Å²) in [5, 5.41) is 0.634. The fourth-order valence-corrected chi connectivity index (χ4v) is 3.48. The van der Waals surface area contributed by atoms with Crippen molar-refractivity contribution < 1.29 is 9.47 Å². The molecule has 126 valence electrons. The predicted molar refractivity (Wildman–Crippen MR) is 94.2 cm³/mol. The minimum absolute atomic E-state index is 0.557. The minimum Gasteiger partial charge on any atom is -0.486 e. The van der Waals surface area contributed by atoms with Crippen LogP contribution >= 0.6 is 11.6 Å². The van der Waals surface area contributed by atoms with Crippen molar-refractivity contribution in [3.63, 3.8) is 0 Å². The zero-order valence-corrected chi connectivity index (χ0v) is 14.2. The van der Waals surface area contributed by atoms with Crippen LogP contribution in [0.3, 0.4) is 0 Å². The highest BCUT2D eigenvalue weighted by Gasteiger charge is 2.20. The summed E-state index contributed by atoms with van der Waals surface area (Å²) < 4.78 is 11.2. The maximum Gasteiger partial charge on any atom is 0.179 e. The van der Waals surface area contributed by atoms with E-state index in [1.165, 1.54) is 0 Å². The van der Waals surface area contributed by atoms with Crippen molar-refractivity contribution >= 4 is 17.4 Å². The second-order valence-corrected chi connectivity index (χ2v) is 6.46. The summed E-state index contributed by atoms with van der Waals surface area (Å²) >= 11 is 6.33. The molecule has 0 N–H and O–H groups in total. The molecule has 1 fully saturated rings. The van der Waals surface area contributed by atoms with Crippen LogP contribution < -0.4 is 14.4 Å². The summed E-state index contributed by atoms with van der Waals surface area (Å²) in [6.07, 6.45) is 1.85. The molecule has 1 aromatic heterocycles. The summed E-state index contributed by atoms with van der Waals surface area (Å²) in [5.41, 5.74) is 1.16. The van der Waals surface area contributed by atoms with Crippen molar-refractivity contribution in [2.75, 3.05) is 44.3 Å². The van der Waals surface area contributed by atoms with Gasteiger partial charge in [0.25, 0.3) is 0 Å². The lowest BCUT2D eigenvalue weighted by molar-refractivity contribution is 0.171. The molecule has 1 aromatic carbocycles. The van der Waals surface area contributed by atoms with Crippen LogP contribution in [0, 0.1) is 0 Å². The summed E-state index contributed by atoms with van der Waals surface area (Å²) in [4.78, 5) is 9.19. The molecule has 6 heteroatoms.